The van der Waals surface area contributed by atoms with Crippen LogP contribution in [0.25, 0.3) is 0 Å². The van der Waals surface area contributed by atoms with Crippen LogP contribution in [0.5, 0.6) is 0 Å². The highest BCUT2D eigenvalue weighted by atomic mass is 32.2. The molecule has 206 valence electrons. The van der Waals surface area contributed by atoms with Crippen LogP contribution in [0, 0.1) is 0 Å². The molecule has 0 bridgehead atoms. The lowest BCUT2D eigenvalue weighted by molar-refractivity contribution is -0.392. The van der Waals surface area contributed by atoms with Crippen LogP contribution in [0.1, 0.15) is 38.5 Å². The van der Waals surface area contributed by atoms with Gasteiger partial charge in [-0.1, -0.05) is 12.8 Å². The highest BCUT2D eigenvalue weighted by molar-refractivity contribution is 8.00. The summed E-state index contributed by atoms with van der Waals surface area (Å²) in [6, 6.07) is 0. The van der Waals surface area contributed by atoms with Crippen molar-refractivity contribution in [2.24, 2.45) is 0 Å². The van der Waals surface area contributed by atoms with Crippen LogP contribution in [0.15, 0.2) is 0 Å². The summed E-state index contributed by atoms with van der Waals surface area (Å²) in [7, 11) is 0. The number of piperazine rings is 1. The molecule has 6 heterocycles. The van der Waals surface area contributed by atoms with E-state index in [1.807, 2.05) is 0 Å². The number of piperidine rings is 1. The summed E-state index contributed by atoms with van der Waals surface area (Å²) in [4.78, 5) is 5.64. The Balaban J connectivity index is 1.54. The maximum Gasteiger partial charge on any atom is 0.178 e. The van der Waals surface area contributed by atoms with Crippen molar-refractivity contribution < 1.29 is 18.9 Å². The first-order valence-corrected chi connectivity index (χ1v) is 15.7. The molecule has 10 heteroatoms. The average Bonchev–Trinajstić information content (AvgIpc) is 2.99. The summed E-state index contributed by atoms with van der Waals surface area (Å²) in [6.07, 6.45) is 7.50. The lowest BCUT2D eigenvalue weighted by atomic mass is 9.77. The van der Waals surface area contributed by atoms with Gasteiger partial charge in [0.25, 0.3) is 0 Å². The molecule has 4 atom stereocenters. The van der Waals surface area contributed by atoms with E-state index in [1.54, 1.807) is 0 Å². The smallest absolute Gasteiger partial charge is 0.178 e. The zero-order valence-electron chi connectivity index (χ0n) is 22.0. The van der Waals surface area contributed by atoms with Crippen LogP contribution in [-0.4, -0.2) is 147 Å². The largest absolute Gasteiger partial charge is 0.379 e. The number of nitrogens with zero attached hydrogens (tertiary/aromatic N) is 4. The monoisotopic (exact) mass is 525 g/mol. The van der Waals surface area contributed by atoms with E-state index in [4.69, 9.17) is 18.9 Å². The molecule has 6 rings (SSSR count). The number of morpholine rings is 2. The Kier molecular flexibility index (Phi) is 8.76. The SMILES string of the molecule is C1CCN(C2(N3CCNCC3)N(N3CCOCC3)CCOC2(C2COCCO2)C2CCCCS2)CC1. The van der Waals surface area contributed by atoms with Crippen molar-refractivity contribution in [2.75, 3.05) is 104 Å². The zero-order valence-corrected chi connectivity index (χ0v) is 22.9. The summed E-state index contributed by atoms with van der Waals surface area (Å²) >= 11 is 2.14. The van der Waals surface area contributed by atoms with E-state index < -0.39 is 11.4 Å². The van der Waals surface area contributed by atoms with Gasteiger partial charge in [-0.15, -0.1) is 0 Å². The molecular formula is C26H47N5O4S. The highest BCUT2D eigenvalue weighted by Crippen LogP contribution is 2.53. The molecular weight excluding hydrogens is 478 g/mol. The maximum absolute atomic E-state index is 7.36. The number of hydrogen-bond donors (Lipinski definition) is 1. The number of ether oxygens (including phenoxy) is 4. The minimum absolute atomic E-state index is 0.0810. The van der Waals surface area contributed by atoms with E-state index in [0.29, 0.717) is 25.1 Å². The molecule has 0 spiro atoms. The molecule has 0 aliphatic carbocycles. The van der Waals surface area contributed by atoms with Crippen molar-refractivity contribution in [3.05, 3.63) is 0 Å². The second-order valence-corrected chi connectivity index (χ2v) is 12.4. The normalized spacial score (nSPS) is 41.3. The van der Waals surface area contributed by atoms with Gasteiger partial charge in [0.05, 0.1) is 39.6 Å². The summed E-state index contributed by atoms with van der Waals surface area (Å²) < 4.78 is 26.1. The van der Waals surface area contributed by atoms with E-state index >= 15 is 0 Å². The van der Waals surface area contributed by atoms with Gasteiger partial charge in [-0.3, -0.25) is 9.80 Å². The third-order valence-corrected chi connectivity index (χ3v) is 10.7. The number of rotatable bonds is 5. The van der Waals surface area contributed by atoms with Crippen molar-refractivity contribution in [1.82, 2.24) is 25.1 Å². The Morgan fingerprint density at radius 1 is 0.722 bits per heavy atom. The summed E-state index contributed by atoms with van der Waals surface area (Å²) in [6.45, 7) is 13.4. The average molecular weight is 526 g/mol. The van der Waals surface area contributed by atoms with Gasteiger partial charge in [-0.25, -0.2) is 10.0 Å². The maximum atomic E-state index is 7.36. The fourth-order valence-corrected chi connectivity index (χ4v) is 9.35. The predicted molar refractivity (Wildman–Crippen MR) is 141 cm³/mol. The highest BCUT2D eigenvalue weighted by Gasteiger charge is 2.72. The minimum Gasteiger partial charge on any atom is -0.379 e. The third kappa shape index (κ3) is 4.57. The van der Waals surface area contributed by atoms with Crippen LogP contribution >= 0.6 is 11.8 Å². The third-order valence-electron chi connectivity index (χ3n) is 9.16. The lowest BCUT2D eigenvalue weighted by Crippen LogP contribution is -2.91. The Morgan fingerprint density at radius 2 is 1.53 bits per heavy atom. The van der Waals surface area contributed by atoms with Gasteiger partial charge in [0, 0.05) is 64.2 Å². The molecule has 1 N–H and O–H groups in total. The van der Waals surface area contributed by atoms with E-state index in [1.165, 1.54) is 44.3 Å². The van der Waals surface area contributed by atoms with Gasteiger partial charge >= 0.3 is 0 Å². The molecule has 0 aromatic rings. The first kappa shape index (κ1) is 26.2. The molecule has 6 aliphatic rings. The van der Waals surface area contributed by atoms with E-state index in [0.717, 1.165) is 78.7 Å². The van der Waals surface area contributed by atoms with Crippen molar-refractivity contribution in [3.8, 4) is 0 Å². The lowest BCUT2D eigenvalue weighted by Gasteiger charge is -2.71. The molecule has 36 heavy (non-hydrogen) atoms. The van der Waals surface area contributed by atoms with Gasteiger partial charge in [0.1, 0.15) is 6.10 Å². The van der Waals surface area contributed by atoms with Crippen LogP contribution in [0.4, 0.5) is 0 Å². The summed E-state index contributed by atoms with van der Waals surface area (Å²) in [5.41, 5.74) is -0.496. The van der Waals surface area contributed by atoms with Crippen molar-refractivity contribution in [2.45, 2.75) is 61.3 Å². The number of thioether (sulfide) groups is 1. The first-order chi connectivity index (χ1) is 17.9. The fourth-order valence-electron chi connectivity index (χ4n) is 7.73. The molecule has 0 aromatic heterocycles. The Labute approximate surface area is 221 Å². The van der Waals surface area contributed by atoms with Gasteiger partial charge in [0.2, 0.25) is 0 Å². The van der Waals surface area contributed by atoms with Crippen molar-refractivity contribution in [3.63, 3.8) is 0 Å². The quantitative estimate of drug-likeness (QED) is 0.564. The molecule has 0 amide bonds. The van der Waals surface area contributed by atoms with Crippen LogP contribution in [0.2, 0.25) is 0 Å². The molecule has 6 aliphatic heterocycles. The Hall–Kier alpha value is -0.0100. The molecule has 0 radical (unpaired) electrons. The van der Waals surface area contributed by atoms with Gasteiger partial charge in [-0.05, 0) is 31.4 Å². The van der Waals surface area contributed by atoms with E-state index in [9.17, 15) is 0 Å². The second-order valence-electron chi connectivity index (χ2n) is 11.0. The summed E-state index contributed by atoms with van der Waals surface area (Å²) in [5, 5.41) is 9.40. The first-order valence-electron chi connectivity index (χ1n) is 14.6. The van der Waals surface area contributed by atoms with Gasteiger partial charge < -0.3 is 24.3 Å². The van der Waals surface area contributed by atoms with Gasteiger partial charge in [0.15, 0.2) is 11.4 Å². The van der Waals surface area contributed by atoms with Crippen LogP contribution in [0.3, 0.4) is 0 Å². The molecule has 9 nitrogen and oxygen atoms in total. The van der Waals surface area contributed by atoms with E-state index in [2.05, 4.69) is 36.9 Å². The van der Waals surface area contributed by atoms with Gasteiger partial charge in [-0.2, -0.15) is 11.8 Å². The minimum atomic E-state index is -0.496. The van der Waals surface area contributed by atoms with Crippen LogP contribution in [-0.2, 0) is 18.9 Å². The second kappa shape index (κ2) is 12.0. The van der Waals surface area contributed by atoms with Crippen molar-refractivity contribution >= 4 is 11.8 Å². The fraction of sp³-hybridized carbons (Fsp3) is 1.00. The molecule has 0 aromatic carbocycles. The zero-order chi connectivity index (χ0) is 24.3. The number of hydrazine groups is 1. The summed E-state index contributed by atoms with van der Waals surface area (Å²) in [5.74, 6) is 0.810. The molecule has 6 saturated heterocycles. The number of nitrogens with one attached hydrogen (secondary N) is 1. The predicted octanol–water partition coefficient (Wildman–Crippen LogP) is 1.05. The number of likely N-dealkylation sites (tertiary alicyclic amines) is 1. The van der Waals surface area contributed by atoms with E-state index in [-0.39, 0.29) is 6.10 Å². The molecule has 4 unspecified atom stereocenters. The Bertz CT molecular complexity index is 654. The molecule has 6 fully saturated rings. The number of hydrogen-bond acceptors (Lipinski definition) is 10. The van der Waals surface area contributed by atoms with Crippen LogP contribution < -0.4 is 5.32 Å². The standard InChI is InChI=1S/C26H47N5O4S/c1-3-9-28(10-4-1)26(29-11-7-27-8-12-29)25(23-22-33-19-20-34-23,24-6-2-5-21-36-24)35-18-15-31(26)30-13-16-32-17-14-30/h23-24,27H,1-22H2. The van der Waals surface area contributed by atoms with Crippen molar-refractivity contribution in [1.29, 1.82) is 0 Å². The Morgan fingerprint density at radius 3 is 2.25 bits per heavy atom. The molecule has 0 saturated carbocycles. The topological polar surface area (TPSA) is 61.9 Å².